The number of nitrogens with zero attached hydrogens (tertiary/aromatic N) is 3. The summed E-state index contributed by atoms with van der Waals surface area (Å²) in [6, 6.07) is 15.0. The van der Waals surface area contributed by atoms with Crippen LogP contribution in [0, 0.1) is 5.82 Å². The van der Waals surface area contributed by atoms with Gasteiger partial charge in [-0.2, -0.15) is 0 Å². The van der Waals surface area contributed by atoms with E-state index in [0.717, 1.165) is 11.3 Å². The number of carbonyl (C=O) groups excluding carboxylic acids is 2. The summed E-state index contributed by atoms with van der Waals surface area (Å²) in [7, 11) is 1.43. The number of halogens is 1. The molecule has 0 saturated carbocycles. The molecule has 2 aromatic heterocycles. The lowest BCUT2D eigenvalue weighted by Crippen LogP contribution is -2.34. The number of carbonyl (C=O) groups is 2. The number of pyridine rings is 1. The highest BCUT2D eigenvalue weighted by atomic mass is 19.1. The molecule has 0 bridgehead atoms. The lowest BCUT2D eigenvalue weighted by molar-refractivity contribution is -0.119. The lowest BCUT2D eigenvalue weighted by Gasteiger charge is -2.16. The Morgan fingerprint density at radius 3 is 2.63 bits per heavy atom. The fourth-order valence-electron chi connectivity index (χ4n) is 3.87. The standard InChI is InChI=1S/C26H26FN5O3/c1-17(11-20-5-3-4-10-28-20)30-26(34)22-12-21(31-24(33)15-35-2)13-23-25(22)32(16-29-23)14-18-6-8-19(27)9-7-18/h3-10,12-13,16-17H,11,14-15H2,1-2H3,(H,30,34)(H,31,33)/t17-/m1/s1. The van der Waals surface area contributed by atoms with E-state index in [-0.39, 0.29) is 30.3 Å². The number of fused-ring (bicyclic) bond motifs is 1. The first-order valence-corrected chi connectivity index (χ1v) is 11.2. The van der Waals surface area contributed by atoms with Gasteiger partial charge in [0, 0.05) is 43.7 Å². The topological polar surface area (TPSA) is 98.1 Å². The normalized spacial score (nSPS) is 11.9. The van der Waals surface area contributed by atoms with Crippen molar-refractivity contribution in [1.82, 2.24) is 19.9 Å². The molecule has 0 fully saturated rings. The second-order valence-electron chi connectivity index (χ2n) is 8.27. The molecule has 2 heterocycles. The fraction of sp³-hybridized carbons (Fsp3) is 0.231. The van der Waals surface area contributed by atoms with Gasteiger partial charge in [-0.05, 0) is 48.9 Å². The highest BCUT2D eigenvalue weighted by Gasteiger charge is 2.19. The monoisotopic (exact) mass is 475 g/mol. The first-order valence-electron chi connectivity index (χ1n) is 11.2. The number of anilines is 1. The van der Waals surface area contributed by atoms with E-state index in [4.69, 9.17) is 4.74 Å². The molecule has 2 amide bonds. The van der Waals surface area contributed by atoms with Crippen molar-refractivity contribution < 1.29 is 18.7 Å². The first kappa shape index (κ1) is 24.0. The van der Waals surface area contributed by atoms with Crippen molar-refractivity contribution in [3.05, 3.63) is 89.8 Å². The molecule has 8 nitrogen and oxygen atoms in total. The molecule has 1 atom stereocenters. The number of methoxy groups -OCH3 is 1. The number of imidazole rings is 1. The number of benzene rings is 2. The Morgan fingerprint density at radius 1 is 1.11 bits per heavy atom. The van der Waals surface area contributed by atoms with Gasteiger partial charge < -0.3 is 19.9 Å². The van der Waals surface area contributed by atoms with Gasteiger partial charge in [0.2, 0.25) is 5.91 Å². The zero-order valence-electron chi connectivity index (χ0n) is 19.5. The second-order valence-corrected chi connectivity index (χ2v) is 8.27. The molecule has 0 spiro atoms. The van der Waals surface area contributed by atoms with Gasteiger partial charge in [0.05, 0.1) is 22.9 Å². The Bertz CT molecular complexity index is 1320. The minimum Gasteiger partial charge on any atom is -0.375 e. The van der Waals surface area contributed by atoms with Gasteiger partial charge in [-0.1, -0.05) is 18.2 Å². The van der Waals surface area contributed by atoms with Crippen molar-refractivity contribution >= 4 is 28.5 Å². The summed E-state index contributed by atoms with van der Waals surface area (Å²) in [4.78, 5) is 34.3. The molecule has 0 aliphatic heterocycles. The van der Waals surface area contributed by atoms with E-state index in [0.29, 0.717) is 35.2 Å². The van der Waals surface area contributed by atoms with Gasteiger partial charge in [0.1, 0.15) is 12.4 Å². The third-order valence-corrected chi connectivity index (χ3v) is 5.40. The Morgan fingerprint density at radius 2 is 1.91 bits per heavy atom. The number of rotatable bonds is 9. The Labute approximate surface area is 202 Å². The Balaban J connectivity index is 1.66. The van der Waals surface area contributed by atoms with Crippen LogP contribution >= 0.6 is 0 Å². The smallest absolute Gasteiger partial charge is 0.253 e. The van der Waals surface area contributed by atoms with Crippen molar-refractivity contribution in [2.45, 2.75) is 25.9 Å². The van der Waals surface area contributed by atoms with Crippen LogP contribution < -0.4 is 10.6 Å². The molecule has 0 unspecified atom stereocenters. The van der Waals surface area contributed by atoms with E-state index < -0.39 is 0 Å². The first-order chi connectivity index (χ1) is 16.9. The van der Waals surface area contributed by atoms with E-state index in [2.05, 4.69) is 20.6 Å². The number of amides is 2. The fourth-order valence-corrected chi connectivity index (χ4v) is 3.87. The van der Waals surface area contributed by atoms with Crippen LogP contribution in [0.2, 0.25) is 0 Å². The van der Waals surface area contributed by atoms with E-state index in [1.54, 1.807) is 36.8 Å². The van der Waals surface area contributed by atoms with Crippen LogP contribution in [-0.2, 0) is 22.5 Å². The molecule has 9 heteroatoms. The zero-order chi connectivity index (χ0) is 24.8. The van der Waals surface area contributed by atoms with E-state index in [1.165, 1.54) is 19.2 Å². The van der Waals surface area contributed by atoms with E-state index in [1.807, 2.05) is 29.7 Å². The van der Waals surface area contributed by atoms with Crippen molar-refractivity contribution in [2.24, 2.45) is 0 Å². The third kappa shape index (κ3) is 6.07. The van der Waals surface area contributed by atoms with Gasteiger partial charge >= 0.3 is 0 Å². The second kappa shape index (κ2) is 10.9. The van der Waals surface area contributed by atoms with Crippen molar-refractivity contribution in [3.63, 3.8) is 0 Å². The number of hydrogen-bond acceptors (Lipinski definition) is 5. The summed E-state index contributed by atoms with van der Waals surface area (Å²) in [5, 5.41) is 5.77. The van der Waals surface area contributed by atoms with E-state index >= 15 is 0 Å². The molecule has 0 aliphatic carbocycles. The number of hydrogen-bond donors (Lipinski definition) is 2. The van der Waals surface area contributed by atoms with Crippen LogP contribution in [-0.4, -0.2) is 46.1 Å². The van der Waals surface area contributed by atoms with Gasteiger partial charge in [-0.3, -0.25) is 14.6 Å². The molecule has 0 radical (unpaired) electrons. The number of nitrogens with one attached hydrogen (secondary N) is 2. The van der Waals surface area contributed by atoms with Crippen LogP contribution in [0.1, 0.15) is 28.5 Å². The van der Waals surface area contributed by atoms with E-state index in [9.17, 15) is 14.0 Å². The summed E-state index contributed by atoms with van der Waals surface area (Å²) in [6.45, 7) is 2.19. The summed E-state index contributed by atoms with van der Waals surface area (Å²) in [6.07, 6.45) is 3.91. The largest absolute Gasteiger partial charge is 0.375 e. The molecule has 4 rings (SSSR count). The molecule has 35 heavy (non-hydrogen) atoms. The summed E-state index contributed by atoms with van der Waals surface area (Å²) in [5.74, 6) is -0.961. The molecule has 2 N–H and O–H groups in total. The van der Waals surface area contributed by atoms with Gasteiger partial charge in [0.15, 0.2) is 0 Å². The molecule has 2 aromatic carbocycles. The maximum Gasteiger partial charge on any atom is 0.253 e. The minimum atomic E-state index is -0.340. The van der Waals surface area contributed by atoms with Crippen LogP contribution in [0.4, 0.5) is 10.1 Å². The lowest BCUT2D eigenvalue weighted by atomic mass is 10.1. The van der Waals surface area contributed by atoms with Crippen molar-refractivity contribution in [1.29, 1.82) is 0 Å². The van der Waals surface area contributed by atoms with Gasteiger partial charge in [-0.15, -0.1) is 0 Å². The molecule has 0 aliphatic rings. The van der Waals surface area contributed by atoms with Gasteiger partial charge in [0.25, 0.3) is 5.91 Å². The predicted molar refractivity (Wildman–Crippen MR) is 131 cm³/mol. The van der Waals surface area contributed by atoms with Crippen molar-refractivity contribution in [3.8, 4) is 0 Å². The predicted octanol–water partition coefficient (Wildman–Crippen LogP) is 3.56. The minimum absolute atomic E-state index is 0.111. The molecule has 0 saturated heterocycles. The van der Waals surface area contributed by atoms with Gasteiger partial charge in [-0.25, -0.2) is 9.37 Å². The molecular formula is C26H26FN5O3. The SMILES string of the molecule is COCC(=O)Nc1cc(C(=O)N[C@H](C)Cc2ccccn2)c2c(c1)ncn2Cc1ccc(F)cc1. The highest BCUT2D eigenvalue weighted by molar-refractivity contribution is 6.07. The van der Waals surface area contributed by atoms with Crippen molar-refractivity contribution in [2.75, 3.05) is 19.0 Å². The number of aromatic nitrogens is 3. The summed E-state index contributed by atoms with van der Waals surface area (Å²) in [5.41, 5.74) is 3.69. The van der Waals surface area contributed by atoms with Crippen LogP contribution in [0.3, 0.4) is 0 Å². The summed E-state index contributed by atoms with van der Waals surface area (Å²) >= 11 is 0. The van der Waals surface area contributed by atoms with Crippen LogP contribution in [0.25, 0.3) is 11.0 Å². The quantitative estimate of drug-likeness (QED) is 0.386. The maximum atomic E-state index is 13.4. The zero-order valence-corrected chi connectivity index (χ0v) is 19.5. The molecule has 4 aromatic rings. The number of ether oxygens (including phenoxy) is 1. The Kier molecular flexibility index (Phi) is 7.47. The Hall–Kier alpha value is -4.11. The maximum absolute atomic E-state index is 13.4. The highest BCUT2D eigenvalue weighted by Crippen LogP contribution is 2.25. The molecular weight excluding hydrogens is 449 g/mol. The average molecular weight is 476 g/mol. The molecule has 180 valence electrons. The van der Waals surface area contributed by atoms with Crippen LogP contribution in [0.15, 0.2) is 67.1 Å². The van der Waals surface area contributed by atoms with Crippen LogP contribution in [0.5, 0.6) is 0 Å². The third-order valence-electron chi connectivity index (χ3n) is 5.40. The summed E-state index contributed by atoms with van der Waals surface area (Å²) < 4.78 is 20.1. The average Bonchev–Trinajstić information content (AvgIpc) is 3.23.